The highest BCUT2D eigenvalue weighted by atomic mass is 15.3. The van der Waals surface area contributed by atoms with Crippen LogP contribution in [0.15, 0.2) is 30.3 Å². The van der Waals surface area contributed by atoms with Gasteiger partial charge in [-0.2, -0.15) is 0 Å². The van der Waals surface area contributed by atoms with E-state index in [1.54, 1.807) is 0 Å². The minimum absolute atomic E-state index is 0.486. The number of hydrogen-bond donors (Lipinski definition) is 1. The van der Waals surface area contributed by atoms with Crippen molar-refractivity contribution >= 4 is 0 Å². The Bertz CT molecular complexity index is 417. The first-order valence-corrected chi connectivity index (χ1v) is 8.43. The number of rotatable bonds is 4. The van der Waals surface area contributed by atoms with Crippen molar-refractivity contribution in [3.8, 4) is 0 Å². The highest BCUT2D eigenvalue weighted by Crippen LogP contribution is 2.27. The Hall–Kier alpha value is -0.900. The number of nitrogens with one attached hydrogen (secondary N) is 1. The fourth-order valence-electron chi connectivity index (χ4n) is 3.74. The molecule has 0 spiro atoms. The van der Waals surface area contributed by atoms with Crippen LogP contribution in [0.3, 0.4) is 0 Å². The molecule has 1 unspecified atom stereocenters. The molecule has 0 amide bonds. The molecule has 0 saturated carbocycles. The Morgan fingerprint density at radius 1 is 1.05 bits per heavy atom. The quantitative estimate of drug-likeness (QED) is 0.916. The molecular formula is C18H29N3. The Morgan fingerprint density at radius 3 is 2.43 bits per heavy atom. The molecular weight excluding hydrogens is 258 g/mol. The Balaban J connectivity index is 1.44. The molecule has 2 aliphatic rings. The summed E-state index contributed by atoms with van der Waals surface area (Å²) in [7, 11) is 0. The van der Waals surface area contributed by atoms with Gasteiger partial charge in [-0.15, -0.1) is 0 Å². The van der Waals surface area contributed by atoms with E-state index in [4.69, 9.17) is 0 Å². The lowest BCUT2D eigenvalue weighted by Crippen LogP contribution is -2.52. The molecule has 0 bridgehead atoms. The van der Waals surface area contributed by atoms with Gasteiger partial charge in [0.1, 0.15) is 0 Å². The summed E-state index contributed by atoms with van der Waals surface area (Å²) in [5.74, 6) is 0. The molecule has 1 N–H and O–H groups in total. The number of benzene rings is 1. The van der Waals surface area contributed by atoms with Crippen molar-refractivity contribution in [3.05, 3.63) is 35.9 Å². The van der Waals surface area contributed by atoms with Crippen LogP contribution < -0.4 is 5.32 Å². The molecule has 2 saturated heterocycles. The second-order valence-corrected chi connectivity index (χ2v) is 7.13. The molecule has 0 aliphatic carbocycles. The second kappa shape index (κ2) is 6.91. The maximum atomic E-state index is 3.57. The van der Waals surface area contributed by atoms with Crippen molar-refractivity contribution in [2.75, 3.05) is 45.8 Å². The molecule has 0 radical (unpaired) electrons. The Kier molecular flexibility index (Phi) is 4.94. The number of nitrogens with zero attached hydrogens (tertiary/aromatic N) is 2. The molecule has 2 fully saturated rings. The van der Waals surface area contributed by atoms with Crippen LogP contribution in [-0.4, -0.2) is 55.6 Å². The minimum Gasteiger partial charge on any atom is -0.316 e. The summed E-state index contributed by atoms with van der Waals surface area (Å²) >= 11 is 0. The van der Waals surface area contributed by atoms with Gasteiger partial charge in [-0.05, 0) is 30.4 Å². The van der Waals surface area contributed by atoms with Gasteiger partial charge in [-0.1, -0.05) is 37.3 Å². The predicted molar refractivity (Wildman–Crippen MR) is 88.4 cm³/mol. The molecule has 2 aliphatic heterocycles. The third-order valence-electron chi connectivity index (χ3n) is 5.00. The largest absolute Gasteiger partial charge is 0.316 e. The number of hydrogen-bond acceptors (Lipinski definition) is 3. The molecule has 1 atom stereocenters. The van der Waals surface area contributed by atoms with E-state index in [0.717, 1.165) is 6.54 Å². The maximum absolute atomic E-state index is 3.57. The first kappa shape index (κ1) is 15.0. The van der Waals surface area contributed by atoms with Crippen LogP contribution in [0.5, 0.6) is 0 Å². The molecule has 116 valence electrons. The highest BCUT2D eigenvalue weighted by molar-refractivity contribution is 5.14. The second-order valence-electron chi connectivity index (χ2n) is 7.13. The summed E-state index contributed by atoms with van der Waals surface area (Å²) in [4.78, 5) is 5.27. The topological polar surface area (TPSA) is 18.5 Å². The third-order valence-corrected chi connectivity index (χ3v) is 5.00. The first-order valence-electron chi connectivity index (χ1n) is 8.43. The summed E-state index contributed by atoms with van der Waals surface area (Å²) in [5, 5.41) is 3.57. The summed E-state index contributed by atoms with van der Waals surface area (Å²) < 4.78 is 0. The van der Waals surface area contributed by atoms with Gasteiger partial charge in [0, 0.05) is 45.8 Å². The summed E-state index contributed by atoms with van der Waals surface area (Å²) in [6.07, 6.45) is 2.72. The molecule has 1 aromatic rings. The molecule has 3 nitrogen and oxygen atoms in total. The Morgan fingerprint density at radius 2 is 1.76 bits per heavy atom. The van der Waals surface area contributed by atoms with Crippen molar-refractivity contribution in [1.29, 1.82) is 0 Å². The smallest absolute Gasteiger partial charge is 0.0234 e. The average molecular weight is 287 g/mol. The SMILES string of the molecule is CC1(CN2CCN(Cc3ccccc3)CC2)CCCNC1. The lowest BCUT2D eigenvalue weighted by Gasteiger charge is -2.42. The lowest BCUT2D eigenvalue weighted by molar-refractivity contribution is 0.0757. The van der Waals surface area contributed by atoms with E-state index in [2.05, 4.69) is 52.4 Å². The zero-order chi connectivity index (χ0) is 14.5. The van der Waals surface area contributed by atoms with Gasteiger partial charge in [0.15, 0.2) is 0 Å². The standard InChI is InChI=1S/C18H29N3/c1-18(8-5-9-19-15-18)16-21-12-10-20(11-13-21)14-17-6-3-2-4-7-17/h2-4,6-7,19H,5,8-16H2,1H3. The van der Waals surface area contributed by atoms with E-state index >= 15 is 0 Å². The first-order chi connectivity index (χ1) is 10.2. The summed E-state index contributed by atoms with van der Waals surface area (Å²) in [6, 6.07) is 10.9. The van der Waals surface area contributed by atoms with Gasteiger partial charge in [0.2, 0.25) is 0 Å². The van der Waals surface area contributed by atoms with E-state index in [9.17, 15) is 0 Å². The van der Waals surface area contributed by atoms with Crippen LogP contribution in [0, 0.1) is 5.41 Å². The fourth-order valence-corrected chi connectivity index (χ4v) is 3.74. The highest BCUT2D eigenvalue weighted by Gasteiger charge is 2.30. The zero-order valence-corrected chi connectivity index (χ0v) is 13.4. The number of piperazine rings is 1. The van der Waals surface area contributed by atoms with Crippen LogP contribution in [0.25, 0.3) is 0 Å². The van der Waals surface area contributed by atoms with E-state index in [1.807, 2.05) is 0 Å². The van der Waals surface area contributed by atoms with E-state index in [-0.39, 0.29) is 0 Å². The van der Waals surface area contributed by atoms with Crippen molar-refractivity contribution in [2.24, 2.45) is 5.41 Å². The molecule has 3 rings (SSSR count). The van der Waals surface area contributed by atoms with Gasteiger partial charge in [-0.25, -0.2) is 0 Å². The van der Waals surface area contributed by atoms with Gasteiger partial charge < -0.3 is 10.2 Å². The van der Waals surface area contributed by atoms with Crippen molar-refractivity contribution < 1.29 is 0 Å². The fraction of sp³-hybridized carbons (Fsp3) is 0.667. The van der Waals surface area contributed by atoms with E-state index < -0.39 is 0 Å². The predicted octanol–water partition coefficient (Wildman–Crippen LogP) is 2.19. The lowest BCUT2D eigenvalue weighted by atomic mass is 9.82. The molecule has 21 heavy (non-hydrogen) atoms. The normalized spacial score (nSPS) is 28.6. The van der Waals surface area contributed by atoms with Crippen molar-refractivity contribution in [1.82, 2.24) is 15.1 Å². The monoisotopic (exact) mass is 287 g/mol. The third kappa shape index (κ3) is 4.29. The molecule has 1 aromatic carbocycles. The van der Waals surface area contributed by atoms with Gasteiger partial charge in [0.25, 0.3) is 0 Å². The van der Waals surface area contributed by atoms with Crippen LogP contribution >= 0.6 is 0 Å². The van der Waals surface area contributed by atoms with E-state index in [1.165, 1.54) is 64.2 Å². The molecule has 3 heteroatoms. The van der Waals surface area contributed by atoms with E-state index in [0.29, 0.717) is 5.41 Å². The number of piperidine rings is 1. The van der Waals surface area contributed by atoms with Gasteiger partial charge in [-0.3, -0.25) is 4.90 Å². The molecule has 2 heterocycles. The molecule has 0 aromatic heterocycles. The summed E-state index contributed by atoms with van der Waals surface area (Å²) in [5.41, 5.74) is 1.93. The van der Waals surface area contributed by atoms with Crippen molar-refractivity contribution in [3.63, 3.8) is 0 Å². The van der Waals surface area contributed by atoms with Crippen LogP contribution in [-0.2, 0) is 6.54 Å². The average Bonchev–Trinajstić information content (AvgIpc) is 2.51. The summed E-state index contributed by atoms with van der Waals surface area (Å²) in [6.45, 7) is 12.1. The maximum Gasteiger partial charge on any atom is 0.0234 e. The minimum atomic E-state index is 0.486. The van der Waals surface area contributed by atoms with Crippen LogP contribution in [0.2, 0.25) is 0 Å². The zero-order valence-electron chi connectivity index (χ0n) is 13.4. The van der Waals surface area contributed by atoms with Gasteiger partial charge in [0.05, 0.1) is 0 Å². The van der Waals surface area contributed by atoms with Crippen molar-refractivity contribution in [2.45, 2.75) is 26.3 Å². The van der Waals surface area contributed by atoms with Gasteiger partial charge >= 0.3 is 0 Å². The Labute approximate surface area is 129 Å². The van der Waals surface area contributed by atoms with Crippen LogP contribution in [0.4, 0.5) is 0 Å². The van der Waals surface area contributed by atoms with Crippen LogP contribution in [0.1, 0.15) is 25.3 Å².